The van der Waals surface area contributed by atoms with Crippen molar-refractivity contribution in [3.05, 3.63) is 6.20 Å². The Bertz CT molecular complexity index is 193. The summed E-state index contributed by atoms with van der Waals surface area (Å²) in [6.07, 6.45) is 1.75. The minimum Gasteiger partial charge on any atom is -0.369 e. The summed E-state index contributed by atoms with van der Waals surface area (Å²) in [4.78, 5) is 0. The topological polar surface area (TPSA) is 49.8 Å². The van der Waals surface area contributed by atoms with E-state index in [0.29, 0.717) is 6.04 Å². The zero-order valence-corrected chi connectivity index (χ0v) is 6.19. The van der Waals surface area contributed by atoms with E-state index in [9.17, 15) is 0 Å². The Morgan fingerprint density at radius 3 is 3.10 bits per heavy atom. The molecule has 0 radical (unpaired) electrons. The molecule has 1 aromatic rings. The van der Waals surface area contributed by atoms with Crippen LogP contribution in [0.25, 0.3) is 0 Å². The van der Waals surface area contributed by atoms with Crippen molar-refractivity contribution in [2.75, 3.05) is 18.4 Å². The van der Waals surface area contributed by atoms with Gasteiger partial charge < -0.3 is 10.6 Å². The molecule has 0 amide bonds. The zero-order chi connectivity index (χ0) is 6.81. The number of rotatable bonds is 2. The van der Waals surface area contributed by atoms with Gasteiger partial charge in [-0.2, -0.15) is 0 Å². The van der Waals surface area contributed by atoms with Gasteiger partial charge in [0, 0.05) is 24.6 Å². The number of hydrogen-bond acceptors (Lipinski definition) is 5. The molecule has 0 atom stereocenters. The summed E-state index contributed by atoms with van der Waals surface area (Å²) in [5, 5.41) is 11.2. The minimum atomic E-state index is 0.585. The molecular formula is C5H8N4S. The molecule has 4 nitrogen and oxygen atoms in total. The lowest BCUT2D eigenvalue weighted by Gasteiger charge is -2.27. The van der Waals surface area contributed by atoms with Crippen molar-refractivity contribution in [2.45, 2.75) is 6.04 Å². The molecule has 1 fully saturated rings. The minimum absolute atomic E-state index is 0.585. The lowest BCUT2D eigenvalue weighted by molar-refractivity contribution is 0.473. The maximum atomic E-state index is 3.74. The van der Waals surface area contributed by atoms with Crippen molar-refractivity contribution in [3.63, 3.8) is 0 Å². The van der Waals surface area contributed by atoms with Crippen LogP contribution in [0.15, 0.2) is 6.20 Å². The van der Waals surface area contributed by atoms with Gasteiger partial charge in [-0.3, -0.25) is 0 Å². The molecule has 1 aliphatic rings. The maximum Gasteiger partial charge on any atom is 0.130 e. The van der Waals surface area contributed by atoms with Crippen LogP contribution in [-0.2, 0) is 0 Å². The third-order valence-corrected chi connectivity index (χ3v) is 2.09. The largest absolute Gasteiger partial charge is 0.369 e. The van der Waals surface area contributed by atoms with Gasteiger partial charge in [0.25, 0.3) is 0 Å². The number of aromatic nitrogens is 2. The molecule has 0 aliphatic carbocycles. The van der Waals surface area contributed by atoms with E-state index in [-0.39, 0.29) is 0 Å². The molecule has 0 saturated carbocycles. The Hall–Kier alpha value is -0.680. The van der Waals surface area contributed by atoms with Gasteiger partial charge in [0.2, 0.25) is 0 Å². The van der Waals surface area contributed by atoms with E-state index in [1.807, 2.05) is 0 Å². The second-order valence-corrected chi connectivity index (χ2v) is 3.07. The van der Waals surface area contributed by atoms with Crippen LogP contribution < -0.4 is 10.6 Å². The van der Waals surface area contributed by atoms with E-state index in [2.05, 4.69) is 20.2 Å². The monoisotopic (exact) mass is 156 g/mol. The summed E-state index contributed by atoms with van der Waals surface area (Å²) >= 11 is 1.40. The van der Waals surface area contributed by atoms with Crippen molar-refractivity contribution >= 4 is 16.5 Å². The first-order chi connectivity index (χ1) is 4.95. The standard InChI is InChI=1S/C5H8N4S/c1-4(2-6-1)8-5-3-7-9-10-5/h3-4,6,8H,1-2H2. The van der Waals surface area contributed by atoms with Crippen LogP contribution in [0.3, 0.4) is 0 Å². The van der Waals surface area contributed by atoms with Crippen LogP contribution in [0.2, 0.25) is 0 Å². The number of hydrogen-bond donors (Lipinski definition) is 2. The second kappa shape index (κ2) is 2.51. The predicted octanol–water partition coefficient (Wildman–Crippen LogP) is -0.0782. The van der Waals surface area contributed by atoms with E-state index in [4.69, 9.17) is 0 Å². The number of nitrogens with one attached hydrogen (secondary N) is 2. The fourth-order valence-electron chi connectivity index (χ4n) is 0.823. The summed E-state index contributed by atoms with van der Waals surface area (Å²) in [5.74, 6) is 0. The molecule has 2 rings (SSSR count). The molecule has 5 heteroatoms. The average Bonchev–Trinajstić information content (AvgIpc) is 2.29. The number of nitrogens with zero attached hydrogens (tertiary/aromatic N) is 2. The van der Waals surface area contributed by atoms with E-state index < -0.39 is 0 Å². The van der Waals surface area contributed by atoms with Crippen molar-refractivity contribution in [2.24, 2.45) is 0 Å². The van der Waals surface area contributed by atoms with Gasteiger partial charge in [0.1, 0.15) is 5.00 Å². The fourth-order valence-corrected chi connectivity index (χ4v) is 1.32. The van der Waals surface area contributed by atoms with Gasteiger partial charge in [-0.15, -0.1) is 5.10 Å². The Kier molecular flexibility index (Phi) is 1.52. The first-order valence-electron chi connectivity index (χ1n) is 3.20. The van der Waals surface area contributed by atoms with Gasteiger partial charge in [-0.25, -0.2) is 0 Å². The molecule has 54 valence electrons. The molecule has 2 heterocycles. The highest BCUT2D eigenvalue weighted by molar-refractivity contribution is 7.09. The highest BCUT2D eigenvalue weighted by Crippen LogP contribution is 2.11. The molecule has 10 heavy (non-hydrogen) atoms. The molecule has 1 saturated heterocycles. The van der Waals surface area contributed by atoms with E-state index in [1.54, 1.807) is 6.20 Å². The number of anilines is 1. The molecule has 0 unspecified atom stereocenters. The Labute approximate surface area is 62.8 Å². The third-order valence-electron chi connectivity index (χ3n) is 1.49. The third kappa shape index (κ3) is 1.10. The van der Waals surface area contributed by atoms with Crippen molar-refractivity contribution < 1.29 is 0 Å². The fraction of sp³-hybridized carbons (Fsp3) is 0.600. The van der Waals surface area contributed by atoms with Crippen LogP contribution in [0.4, 0.5) is 5.00 Å². The summed E-state index contributed by atoms with van der Waals surface area (Å²) in [6, 6.07) is 0.585. The molecule has 0 aromatic carbocycles. The smallest absolute Gasteiger partial charge is 0.130 e. The predicted molar refractivity (Wildman–Crippen MR) is 40.2 cm³/mol. The normalized spacial score (nSPS) is 18.4. The van der Waals surface area contributed by atoms with Crippen LogP contribution in [0, 0.1) is 0 Å². The van der Waals surface area contributed by atoms with Crippen molar-refractivity contribution in [1.82, 2.24) is 14.9 Å². The average molecular weight is 156 g/mol. The van der Waals surface area contributed by atoms with E-state index in [0.717, 1.165) is 18.1 Å². The van der Waals surface area contributed by atoms with Gasteiger partial charge in [0.15, 0.2) is 0 Å². The first kappa shape index (κ1) is 6.06. The van der Waals surface area contributed by atoms with Crippen molar-refractivity contribution in [3.8, 4) is 0 Å². The van der Waals surface area contributed by atoms with Crippen LogP contribution in [-0.4, -0.2) is 28.7 Å². The van der Waals surface area contributed by atoms with Gasteiger partial charge in [-0.05, 0) is 0 Å². The summed E-state index contributed by atoms with van der Waals surface area (Å²) in [6.45, 7) is 2.11. The maximum absolute atomic E-state index is 3.74. The molecule has 1 aromatic heterocycles. The quantitative estimate of drug-likeness (QED) is 0.629. The van der Waals surface area contributed by atoms with Crippen LogP contribution in [0.5, 0.6) is 0 Å². The molecule has 0 spiro atoms. The van der Waals surface area contributed by atoms with Gasteiger partial charge in [-0.1, -0.05) is 4.49 Å². The van der Waals surface area contributed by atoms with Crippen LogP contribution >= 0.6 is 11.5 Å². The molecule has 2 N–H and O–H groups in total. The SMILES string of the molecule is c1nnsc1NC1CNC1. The summed E-state index contributed by atoms with van der Waals surface area (Å²) < 4.78 is 3.74. The molecule has 1 aliphatic heterocycles. The summed E-state index contributed by atoms with van der Waals surface area (Å²) in [7, 11) is 0. The Morgan fingerprint density at radius 1 is 1.70 bits per heavy atom. The lowest BCUT2D eigenvalue weighted by Crippen LogP contribution is -2.51. The second-order valence-electron chi connectivity index (χ2n) is 2.28. The van der Waals surface area contributed by atoms with Crippen LogP contribution in [0.1, 0.15) is 0 Å². The highest BCUT2D eigenvalue weighted by atomic mass is 32.1. The summed E-state index contributed by atoms with van der Waals surface area (Å²) in [5.41, 5.74) is 0. The Morgan fingerprint density at radius 2 is 2.60 bits per heavy atom. The van der Waals surface area contributed by atoms with E-state index in [1.165, 1.54) is 11.5 Å². The van der Waals surface area contributed by atoms with Gasteiger partial charge >= 0.3 is 0 Å². The Balaban J connectivity index is 1.90. The van der Waals surface area contributed by atoms with Crippen molar-refractivity contribution in [1.29, 1.82) is 0 Å². The first-order valence-corrected chi connectivity index (χ1v) is 3.97. The highest BCUT2D eigenvalue weighted by Gasteiger charge is 2.16. The lowest BCUT2D eigenvalue weighted by atomic mass is 10.2. The molecule has 0 bridgehead atoms. The molecular weight excluding hydrogens is 148 g/mol. The van der Waals surface area contributed by atoms with E-state index >= 15 is 0 Å². The zero-order valence-electron chi connectivity index (χ0n) is 5.37. The van der Waals surface area contributed by atoms with Gasteiger partial charge in [0.05, 0.1) is 12.2 Å².